The summed E-state index contributed by atoms with van der Waals surface area (Å²) in [5, 5.41) is 15.2. The third-order valence-electron chi connectivity index (χ3n) is 5.29. The molecule has 0 bridgehead atoms. The highest BCUT2D eigenvalue weighted by atomic mass is 127. The van der Waals surface area contributed by atoms with Gasteiger partial charge in [-0.15, -0.1) is 0 Å². The van der Waals surface area contributed by atoms with Crippen LogP contribution in [0.25, 0.3) is 10.2 Å². The van der Waals surface area contributed by atoms with Crippen molar-refractivity contribution in [3.63, 3.8) is 0 Å². The molecule has 1 amide bonds. The van der Waals surface area contributed by atoms with Gasteiger partial charge in [0.2, 0.25) is 6.41 Å². The molecule has 5 nitrogen and oxygen atoms in total. The van der Waals surface area contributed by atoms with Crippen molar-refractivity contribution in [2.45, 2.75) is 24.8 Å². The zero-order valence-electron chi connectivity index (χ0n) is 15.0. The van der Waals surface area contributed by atoms with Crippen LogP contribution in [0.4, 0.5) is 15.1 Å². The van der Waals surface area contributed by atoms with Gasteiger partial charge in [-0.05, 0) is 72.2 Å². The summed E-state index contributed by atoms with van der Waals surface area (Å²) in [4.78, 5) is 18.8. The number of aliphatic hydroxyl groups is 1. The minimum absolute atomic E-state index is 0.198. The number of aromatic nitrogens is 1. The van der Waals surface area contributed by atoms with E-state index in [9.17, 15) is 14.3 Å². The summed E-state index contributed by atoms with van der Waals surface area (Å²) < 4.78 is 15.3. The molecule has 0 radical (unpaired) electrons. The van der Waals surface area contributed by atoms with Crippen LogP contribution in [0.15, 0.2) is 36.5 Å². The third kappa shape index (κ3) is 3.27. The molecular formula is C20H19FIN3O2S. The zero-order valence-corrected chi connectivity index (χ0v) is 18.0. The van der Waals surface area contributed by atoms with E-state index in [2.05, 4.69) is 32.9 Å². The predicted octanol–water partition coefficient (Wildman–Crippen LogP) is 4.61. The van der Waals surface area contributed by atoms with E-state index in [1.165, 1.54) is 17.4 Å². The second-order valence-corrected chi connectivity index (χ2v) is 9.10. The molecular weight excluding hydrogens is 492 g/mol. The lowest BCUT2D eigenvalue weighted by atomic mass is 9.80. The van der Waals surface area contributed by atoms with Crippen LogP contribution in [-0.4, -0.2) is 34.6 Å². The van der Waals surface area contributed by atoms with Crippen molar-refractivity contribution in [2.24, 2.45) is 0 Å². The molecule has 3 heterocycles. The third-order valence-corrected chi connectivity index (χ3v) is 6.99. The van der Waals surface area contributed by atoms with Crippen LogP contribution in [0.5, 0.6) is 0 Å². The molecule has 1 fully saturated rings. The Balaban J connectivity index is 1.91. The number of amides is 1. The summed E-state index contributed by atoms with van der Waals surface area (Å²) in [6.07, 6.45) is 4.97. The zero-order chi connectivity index (χ0) is 19.7. The number of pyridine rings is 1. The summed E-state index contributed by atoms with van der Waals surface area (Å²) >= 11 is 3.48. The molecule has 8 heteroatoms. The molecule has 1 aromatic carbocycles. The van der Waals surface area contributed by atoms with Gasteiger partial charge >= 0.3 is 0 Å². The number of nitrogens with zero attached hydrogens (tertiary/aromatic N) is 2. The number of halogens is 2. The van der Waals surface area contributed by atoms with Crippen LogP contribution < -0.4 is 5.32 Å². The summed E-state index contributed by atoms with van der Waals surface area (Å²) in [6.45, 7) is 0.384. The quantitative estimate of drug-likeness (QED) is 0.388. The first kappa shape index (κ1) is 19.5. The lowest BCUT2D eigenvalue weighted by molar-refractivity contribution is -0.129. The largest absolute Gasteiger partial charge is 0.394 e. The highest BCUT2D eigenvalue weighted by Gasteiger charge is 2.43. The molecule has 0 saturated carbocycles. The Bertz CT molecular complexity index is 1030. The van der Waals surface area contributed by atoms with Crippen molar-refractivity contribution in [3.8, 4) is 0 Å². The van der Waals surface area contributed by atoms with Gasteiger partial charge in [0.15, 0.2) is 0 Å². The first-order chi connectivity index (χ1) is 13.6. The number of rotatable bonds is 5. The number of carbonyl (C=O) groups is 1. The summed E-state index contributed by atoms with van der Waals surface area (Å²) in [5.41, 5.74) is 0.325. The molecule has 2 N–H and O–H groups in total. The van der Waals surface area contributed by atoms with E-state index < -0.39 is 5.54 Å². The Morgan fingerprint density at radius 1 is 1.39 bits per heavy atom. The fourth-order valence-electron chi connectivity index (χ4n) is 3.92. The van der Waals surface area contributed by atoms with Crippen molar-refractivity contribution < 1.29 is 14.3 Å². The van der Waals surface area contributed by atoms with Crippen LogP contribution in [-0.2, 0) is 10.3 Å². The van der Waals surface area contributed by atoms with Gasteiger partial charge in [0.25, 0.3) is 0 Å². The average molecular weight is 511 g/mol. The van der Waals surface area contributed by atoms with Crippen molar-refractivity contribution >= 4 is 61.2 Å². The van der Waals surface area contributed by atoms with E-state index in [-0.39, 0.29) is 12.4 Å². The van der Waals surface area contributed by atoms with Crippen LogP contribution in [0.3, 0.4) is 0 Å². The Morgan fingerprint density at radius 3 is 3.00 bits per heavy atom. The molecule has 4 rings (SSSR count). The fourth-order valence-corrected chi connectivity index (χ4v) is 5.53. The highest BCUT2D eigenvalue weighted by Crippen LogP contribution is 2.48. The minimum Gasteiger partial charge on any atom is -0.394 e. The summed E-state index contributed by atoms with van der Waals surface area (Å²) in [6, 6.07) is 8.78. The van der Waals surface area contributed by atoms with E-state index in [0.717, 1.165) is 38.6 Å². The molecule has 3 aromatic rings. The Kier molecular flexibility index (Phi) is 5.52. The van der Waals surface area contributed by atoms with Gasteiger partial charge in [-0.25, -0.2) is 9.37 Å². The number of thiophene rings is 1. The number of benzene rings is 1. The smallest absolute Gasteiger partial charge is 0.210 e. The molecule has 146 valence electrons. The molecule has 1 unspecified atom stereocenters. The SMILES string of the molecule is O=CN1CCCCC1(CO)c1c(Nc2ccc(I)cc2F)sc2ncccc12. The predicted molar refractivity (Wildman–Crippen MR) is 117 cm³/mol. The van der Waals surface area contributed by atoms with Gasteiger partial charge in [0.1, 0.15) is 15.6 Å². The molecule has 2 aromatic heterocycles. The lowest BCUT2D eigenvalue weighted by Gasteiger charge is -2.44. The van der Waals surface area contributed by atoms with E-state index in [1.807, 2.05) is 18.2 Å². The fraction of sp³-hybridized carbons (Fsp3) is 0.300. The Morgan fingerprint density at radius 2 is 2.25 bits per heavy atom. The molecule has 0 aliphatic carbocycles. The molecule has 28 heavy (non-hydrogen) atoms. The number of piperidine rings is 1. The number of hydrogen-bond acceptors (Lipinski definition) is 5. The average Bonchev–Trinajstić information content (AvgIpc) is 3.08. The van der Waals surface area contributed by atoms with Crippen molar-refractivity contribution in [1.29, 1.82) is 0 Å². The molecule has 1 aliphatic rings. The van der Waals surface area contributed by atoms with Gasteiger partial charge < -0.3 is 15.3 Å². The van der Waals surface area contributed by atoms with Crippen LogP contribution in [0.2, 0.25) is 0 Å². The Labute approximate surface area is 179 Å². The van der Waals surface area contributed by atoms with E-state index in [4.69, 9.17) is 0 Å². The first-order valence-electron chi connectivity index (χ1n) is 9.02. The number of likely N-dealkylation sites (tertiary alicyclic amines) is 1. The minimum atomic E-state index is -0.844. The second-order valence-electron chi connectivity index (χ2n) is 6.86. The molecule has 1 atom stereocenters. The van der Waals surface area contributed by atoms with Gasteiger partial charge in [-0.1, -0.05) is 11.3 Å². The number of carbonyl (C=O) groups excluding carboxylic acids is 1. The number of hydrogen-bond donors (Lipinski definition) is 2. The van der Waals surface area contributed by atoms with E-state index >= 15 is 0 Å². The van der Waals surface area contributed by atoms with Crippen LogP contribution >= 0.6 is 33.9 Å². The lowest BCUT2D eigenvalue weighted by Crippen LogP contribution is -2.51. The van der Waals surface area contributed by atoms with Crippen LogP contribution in [0.1, 0.15) is 24.8 Å². The molecule has 1 saturated heterocycles. The van der Waals surface area contributed by atoms with E-state index in [0.29, 0.717) is 23.7 Å². The van der Waals surface area contributed by atoms with Gasteiger partial charge in [0.05, 0.1) is 17.8 Å². The monoisotopic (exact) mass is 511 g/mol. The van der Waals surface area contributed by atoms with Gasteiger partial charge in [-0.2, -0.15) is 0 Å². The second kappa shape index (κ2) is 7.92. The van der Waals surface area contributed by atoms with Gasteiger partial charge in [0, 0.05) is 27.3 Å². The van der Waals surface area contributed by atoms with Crippen LogP contribution in [0, 0.1) is 9.39 Å². The maximum Gasteiger partial charge on any atom is 0.210 e. The van der Waals surface area contributed by atoms with E-state index in [1.54, 1.807) is 17.2 Å². The summed E-state index contributed by atoms with van der Waals surface area (Å²) in [5.74, 6) is -0.350. The maximum absolute atomic E-state index is 14.5. The molecule has 1 aliphatic heterocycles. The topological polar surface area (TPSA) is 65.5 Å². The normalized spacial score (nSPS) is 19.8. The Hall–Kier alpha value is -1.78. The number of fused-ring (bicyclic) bond motifs is 1. The molecule has 0 spiro atoms. The standard InChI is InChI=1S/C20H19FIN3O2S/c21-15-10-13(22)5-6-16(15)24-19-17(14-4-3-8-23-18(14)28-19)20(11-26)7-1-2-9-25(20)12-27/h3-6,8,10,12,24,26H,1-2,7,9,11H2. The van der Waals surface area contributed by atoms with Crippen molar-refractivity contribution in [3.05, 3.63) is 51.5 Å². The maximum atomic E-state index is 14.5. The van der Waals surface area contributed by atoms with Crippen molar-refractivity contribution in [1.82, 2.24) is 9.88 Å². The highest BCUT2D eigenvalue weighted by molar-refractivity contribution is 14.1. The number of aliphatic hydroxyl groups excluding tert-OH is 1. The first-order valence-corrected chi connectivity index (χ1v) is 10.9. The summed E-state index contributed by atoms with van der Waals surface area (Å²) in [7, 11) is 0. The van der Waals surface area contributed by atoms with Gasteiger partial charge in [-0.3, -0.25) is 4.79 Å². The number of nitrogens with one attached hydrogen (secondary N) is 1. The van der Waals surface area contributed by atoms with Crippen molar-refractivity contribution in [2.75, 3.05) is 18.5 Å². The number of anilines is 2.